The van der Waals surface area contributed by atoms with Crippen molar-refractivity contribution in [2.45, 2.75) is 6.42 Å². The molecule has 0 unspecified atom stereocenters. The number of aromatic nitrogens is 2. The molecule has 2 heterocycles. The Hall–Kier alpha value is -2.73. The van der Waals surface area contributed by atoms with Gasteiger partial charge in [0.25, 0.3) is 0 Å². The molecule has 2 aromatic carbocycles. The summed E-state index contributed by atoms with van der Waals surface area (Å²) in [4.78, 5) is 21.2. The minimum Gasteiger partial charge on any atom is -0.384 e. The van der Waals surface area contributed by atoms with Gasteiger partial charge in [-0.1, -0.05) is 53.5 Å². The number of halogens is 2. The zero-order valence-corrected chi connectivity index (χ0v) is 17.4. The minimum atomic E-state index is 0.0147. The summed E-state index contributed by atoms with van der Waals surface area (Å²) in [5.74, 6) is 0.477. The Labute approximate surface area is 182 Å². The van der Waals surface area contributed by atoms with Crippen LogP contribution in [0.4, 0.5) is 5.82 Å². The first-order chi connectivity index (χ1) is 14.0. The number of carbonyl (C=O) groups is 1. The lowest BCUT2D eigenvalue weighted by molar-refractivity contribution is 0.0993. The van der Waals surface area contributed by atoms with Crippen molar-refractivity contribution in [3.8, 4) is 22.4 Å². The second-order valence-corrected chi connectivity index (χ2v) is 8.16. The van der Waals surface area contributed by atoms with E-state index in [2.05, 4.69) is 9.97 Å². The van der Waals surface area contributed by atoms with Gasteiger partial charge < -0.3 is 5.73 Å². The first-order valence-electron chi connectivity index (χ1n) is 8.74. The Morgan fingerprint density at radius 3 is 2.41 bits per heavy atom. The third kappa shape index (κ3) is 4.48. The molecule has 0 aliphatic carbocycles. The van der Waals surface area contributed by atoms with E-state index in [1.165, 1.54) is 11.3 Å². The molecule has 0 bridgehead atoms. The summed E-state index contributed by atoms with van der Waals surface area (Å²) in [7, 11) is 0. The van der Waals surface area contributed by atoms with Crippen molar-refractivity contribution in [3.05, 3.63) is 86.8 Å². The van der Waals surface area contributed by atoms with Crippen molar-refractivity contribution >= 4 is 46.1 Å². The maximum absolute atomic E-state index is 12.7. The molecule has 0 aliphatic rings. The molecule has 0 fully saturated rings. The van der Waals surface area contributed by atoms with Gasteiger partial charge in [-0.2, -0.15) is 0 Å². The molecule has 0 spiro atoms. The van der Waals surface area contributed by atoms with Crippen LogP contribution < -0.4 is 5.73 Å². The van der Waals surface area contributed by atoms with Crippen molar-refractivity contribution in [1.29, 1.82) is 0 Å². The number of Topliss-reactive ketones (excluding diaryl/α,β-unsaturated/α-hetero) is 1. The molecular weight excluding hydrogens is 425 g/mol. The summed E-state index contributed by atoms with van der Waals surface area (Å²) < 4.78 is 0. The van der Waals surface area contributed by atoms with Crippen LogP contribution in [0.25, 0.3) is 22.4 Å². The number of nitrogen functional groups attached to an aromatic ring is 1. The number of hydrogen-bond donors (Lipinski definition) is 1. The SMILES string of the molecule is Nc1cc(-c2ccc(C(=O)Cc3nc(-c4ccc(Cl)c(Cl)c4)cs3)cc2)ccn1. The lowest BCUT2D eigenvalue weighted by Crippen LogP contribution is -2.03. The summed E-state index contributed by atoms with van der Waals surface area (Å²) in [6, 6.07) is 16.5. The van der Waals surface area contributed by atoms with Crippen LogP contribution in [0.3, 0.4) is 0 Å². The number of thiazole rings is 1. The lowest BCUT2D eigenvalue weighted by atomic mass is 10.0. The molecule has 0 saturated carbocycles. The fourth-order valence-electron chi connectivity index (χ4n) is 2.90. The Balaban J connectivity index is 1.48. The molecule has 29 heavy (non-hydrogen) atoms. The standard InChI is InChI=1S/C22H15Cl2N3OS/c23-17-6-5-16(9-18(17)24)19-12-29-22(27-19)11-20(28)14-3-1-13(2-4-14)15-7-8-26-21(25)10-15/h1-10,12H,11H2,(H2,25,26). The molecule has 0 aliphatic heterocycles. The van der Waals surface area contributed by atoms with Gasteiger partial charge >= 0.3 is 0 Å². The topological polar surface area (TPSA) is 68.9 Å². The van der Waals surface area contributed by atoms with Gasteiger partial charge in [0.2, 0.25) is 0 Å². The molecule has 0 radical (unpaired) electrons. The van der Waals surface area contributed by atoms with Gasteiger partial charge in [-0.3, -0.25) is 4.79 Å². The Bertz CT molecular complexity index is 1190. The Morgan fingerprint density at radius 2 is 1.69 bits per heavy atom. The highest BCUT2D eigenvalue weighted by Gasteiger charge is 2.12. The molecule has 0 saturated heterocycles. The molecule has 4 aromatic rings. The molecule has 4 nitrogen and oxygen atoms in total. The van der Waals surface area contributed by atoms with Crippen LogP contribution in [-0.2, 0) is 6.42 Å². The predicted octanol–water partition coefficient (Wildman–Crippen LogP) is 6.19. The lowest BCUT2D eigenvalue weighted by Gasteiger charge is -2.04. The average molecular weight is 440 g/mol. The number of rotatable bonds is 5. The smallest absolute Gasteiger partial charge is 0.169 e. The third-order valence-electron chi connectivity index (χ3n) is 4.40. The van der Waals surface area contributed by atoms with Crippen LogP contribution in [0.5, 0.6) is 0 Å². The van der Waals surface area contributed by atoms with E-state index in [4.69, 9.17) is 28.9 Å². The predicted molar refractivity (Wildman–Crippen MR) is 120 cm³/mol. The van der Waals surface area contributed by atoms with Crippen LogP contribution in [0.2, 0.25) is 10.0 Å². The molecule has 2 aromatic heterocycles. The van der Waals surface area contributed by atoms with E-state index in [1.807, 2.05) is 41.8 Å². The molecule has 144 valence electrons. The first-order valence-corrected chi connectivity index (χ1v) is 10.4. The summed E-state index contributed by atoms with van der Waals surface area (Å²) in [5.41, 5.74) is 9.97. The average Bonchev–Trinajstić information content (AvgIpc) is 3.18. The molecule has 4 rings (SSSR count). The maximum Gasteiger partial charge on any atom is 0.169 e. The quantitative estimate of drug-likeness (QED) is 0.376. The number of nitrogens with two attached hydrogens (primary N) is 1. The van der Waals surface area contributed by atoms with E-state index in [-0.39, 0.29) is 12.2 Å². The number of anilines is 1. The normalized spacial score (nSPS) is 10.8. The number of hydrogen-bond acceptors (Lipinski definition) is 5. The second kappa shape index (κ2) is 8.33. The fourth-order valence-corrected chi connectivity index (χ4v) is 4.00. The number of nitrogens with zero attached hydrogens (tertiary/aromatic N) is 2. The molecule has 0 atom stereocenters. The van der Waals surface area contributed by atoms with Gasteiger partial charge in [0.1, 0.15) is 10.8 Å². The highest BCUT2D eigenvalue weighted by atomic mass is 35.5. The van der Waals surface area contributed by atoms with Crippen molar-refractivity contribution in [1.82, 2.24) is 9.97 Å². The van der Waals surface area contributed by atoms with E-state index in [0.717, 1.165) is 27.4 Å². The monoisotopic (exact) mass is 439 g/mol. The van der Waals surface area contributed by atoms with Gasteiger partial charge in [0.05, 0.1) is 22.2 Å². The molecule has 7 heteroatoms. The van der Waals surface area contributed by atoms with Crippen LogP contribution in [0.1, 0.15) is 15.4 Å². The van der Waals surface area contributed by atoms with E-state index in [9.17, 15) is 4.79 Å². The van der Waals surface area contributed by atoms with Crippen LogP contribution >= 0.6 is 34.5 Å². The largest absolute Gasteiger partial charge is 0.384 e. The van der Waals surface area contributed by atoms with Gasteiger partial charge in [0, 0.05) is 22.7 Å². The van der Waals surface area contributed by atoms with Gasteiger partial charge in [-0.25, -0.2) is 9.97 Å². The van der Waals surface area contributed by atoms with Crippen molar-refractivity contribution in [3.63, 3.8) is 0 Å². The summed E-state index contributed by atoms with van der Waals surface area (Å²) in [6.45, 7) is 0. The maximum atomic E-state index is 12.7. The van der Waals surface area contributed by atoms with E-state index >= 15 is 0 Å². The summed E-state index contributed by atoms with van der Waals surface area (Å²) in [6.07, 6.45) is 1.91. The van der Waals surface area contributed by atoms with Gasteiger partial charge in [-0.15, -0.1) is 11.3 Å². The minimum absolute atomic E-state index is 0.0147. The molecule has 2 N–H and O–H groups in total. The summed E-state index contributed by atoms with van der Waals surface area (Å²) >= 11 is 13.5. The van der Waals surface area contributed by atoms with E-state index in [0.29, 0.717) is 21.4 Å². The Morgan fingerprint density at radius 1 is 0.931 bits per heavy atom. The van der Waals surface area contributed by atoms with E-state index in [1.54, 1.807) is 24.4 Å². The van der Waals surface area contributed by atoms with Crippen LogP contribution in [0, 0.1) is 0 Å². The highest BCUT2D eigenvalue weighted by molar-refractivity contribution is 7.10. The first kappa shape index (κ1) is 19.6. The molecule has 0 amide bonds. The van der Waals surface area contributed by atoms with Crippen molar-refractivity contribution < 1.29 is 4.79 Å². The zero-order chi connectivity index (χ0) is 20.4. The number of benzene rings is 2. The third-order valence-corrected chi connectivity index (χ3v) is 5.99. The van der Waals surface area contributed by atoms with E-state index < -0.39 is 0 Å². The number of ketones is 1. The van der Waals surface area contributed by atoms with Crippen LogP contribution in [0.15, 0.2) is 66.2 Å². The number of carbonyl (C=O) groups excluding carboxylic acids is 1. The zero-order valence-electron chi connectivity index (χ0n) is 15.1. The highest BCUT2D eigenvalue weighted by Crippen LogP contribution is 2.29. The Kier molecular flexibility index (Phi) is 5.62. The van der Waals surface area contributed by atoms with Gasteiger partial charge in [0.15, 0.2) is 5.78 Å². The summed E-state index contributed by atoms with van der Waals surface area (Å²) in [5, 5.41) is 3.64. The van der Waals surface area contributed by atoms with Crippen LogP contribution in [-0.4, -0.2) is 15.8 Å². The second-order valence-electron chi connectivity index (χ2n) is 6.40. The number of pyridine rings is 1. The molecular formula is C22H15Cl2N3OS. The van der Waals surface area contributed by atoms with Crippen molar-refractivity contribution in [2.24, 2.45) is 0 Å². The van der Waals surface area contributed by atoms with Crippen molar-refractivity contribution in [2.75, 3.05) is 5.73 Å². The fraction of sp³-hybridized carbons (Fsp3) is 0.0455. The van der Waals surface area contributed by atoms with Gasteiger partial charge in [-0.05, 0) is 35.4 Å².